The van der Waals surface area contributed by atoms with Gasteiger partial charge in [0, 0.05) is 18.2 Å². The van der Waals surface area contributed by atoms with Crippen molar-refractivity contribution >= 4 is 5.82 Å². The van der Waals surface area contributed by atoms with Gasteiger partial charge in [-0.3, -0.25) is 0 Å². The Labute approximate surface area is 95.9 Å². The van der Waals surface area contributed by atoms with Crippen LogP contribution in [0.25, 0.3) is 11.3 Å². The zero-order chi connectivity index (χ0) is 11.5. The van der Waals surface area contributed by atoms with Crippen LogP contribution in [-0.2, 0) is 6.54 Å². The molecule has 0 amide bonds. The van der Waals surface area contributed by atoms with Gasteiger partial charge in [0.25, 0.3) is 0 Å². The highest BCUT2D eigenvalue weighted by Gasteiger charge is 2.07. The first-order valence-corrected chi connectivity index (χ1v) is 5.55. The van der Waals surface area contributed by atoms with Gasteiger partial charge < -0.3 is 5.73 Å². The highest BCUT2D eigenvalue weighted by Crippen LogP contribution is 2.20. The van der Waals surface area contributed by atoms with E-state index in [0.717, 1.165) is 23.6 Å². The van der Waals surface area contributed by atoms with Crippen molar-refractivity contribution in [3.05, 3.63) is 36.4 Å². The van der Waals surface area contributed by atoms with E-state index >= 15 is 0 Å². The molecule has 2 rings (SSSR count). The molecule has 0 aliphatic rings. The Bertz CT molecular complexity index is 457. The predicted octanol–water partition coefficient (Wildman–Crippen LogP) is 2.79. The van der Waals surface area contributed by atoms with Crippen LogP contribution >= 0.6 is 0 Å². The third-order valence-electron chi connectivity index (χ3n) is 2.42. The van der Waals surface area contributed by atoms with Gasteiger partial charge in [-0.05, 0) is 5.92 Å². The van der Waals surface area contributed by atoms with Crippen LogP contribution in [0.5, 0.6) is 0 Å². The van der Waals surface area contributed by atoms with E-state index in [1.54, 1.807) is 0 Å². The average Bonchev–Trinajstić information content (AvgIpc) is 2.61. The topological polar surface area (TPSA) is 43.8 Å². The molecule has 0 fully saturated rings. The molecule has 0 atom stereocenters. The van der Waals surface area contributed by atoms with E-state index in [1.807, 2.05) is 41.1 Å². The summed E-state index contributed by atoms with van der Waals surface area (Å²) in [7, 11) is 0. The molecule has 0 saturated heterocycles. The third-order valence-corrected chi connectivity index (χ3v) is 2.42. The molecule has 1 heterocycles. The average molecular weight is 215 g/mol. The van der Waals surface area contributed by atoms with Crippen molar-refractivity contribution in [2.75, 3.05) is 5.73 Å². The lowest BCUT2D eigenvalue weighted by molar-refractivity contribution is 0.489. The third kappa shape index (κ3) is 2.24. The molecule has 0 aliphatic carbocycles. The van der Waals surface area contributed by atoms with E-state index < -0.39 is 0 Å². The van der Waals surface area contributed by atoms with Gasteiger partial charge >= 0.3 is 0 Å². The van der Waals surface area contributed by atoms with Gasteiger partial charge in [-0.1, -0.05) is 44.2 Å². The summed E-state index contributed by atoms with van der Waals surface area (Å²) in [5.74, 6) is 1.28. The molecule has 3 nitrogen and oxygen atoms in total. The molecule has 0 bridgehead atoms. The Morgan fingerprint density at radius 2 is 1.94 bits per heavy atom. The van der Waals surface area contributed by atoms with E-state index in [2.05, 4.69) is 18.9 Å². The Balaban J connectivity index is 2.31. The molecule has 0 radical (unpaired) electrons. The maximum atomic E-state index is 5.93. The Hall–Kier alpha value is -1.77. The lowest BCUT2D eigenvalue weighted by atomic mass is 10.2. The number of hydrogen-bond donors (Lipinski definition) is 1. The van der Waals surface area contributed by atoms with E-state index in [0.29, 0.717) is 5.92 Å². The Kier molecular flexibility index (Phi) is 2.95. The molecule has 2 N–H and O–H groups in total. The molecule has 0 spiro atoms. The zero-order valence-corrected chi connectivity index (χ0v) is 9.72. The standard InChI is InChI=1S/C13H17N3/c1-10(2)9-16-13(14)8-12(15-16)11-6-4-3-5-7-11/h3-8,10H,9,14H2,1-2H3. The number of hydrogen-bond acceptors (Lipinski definition) is 2. The highest BCUT2D eigenvalue weighted by molar-refractivity contribution is 5.61. The Morgan fingerprint density at radius 3 is 2.56 bits per heavy atom. The van der Waals surface area contributed by atoms with Crippen LogP contribution in [0.2, 0.25) is 0 Å². The monoisotopic (exact) mass is 215 g/mol. The van der Waals surface area contributed by atoms with Gasteiger partial charge in [0.2, 0.25) is 0 Å². The Morgan fingerprint density at radius 1 is 1.25 bits per heavy atom. The molecule has 0 saturated carbocycles. The summed E-state index contributed by atoms with van der Waals surface area (Å²) in [6, 6.07) is 12.0. The molecule has 1 aromatic carbocycles. The normalized spacial score (nSPS) is 10.9. The van der Waals surface area contributed by atoms with E-state index in [4.69, 9.17) is 5.73 Å². The quantitative estimate of drug-likeness (QED) is 0.855. The minimum Gasteiger partial charge on any atom is -0.384 e. The van der Waals surface area contributed by atoms with Crippen molar-refractivity contribution < 1.29 is 0 Å². The minimum atomic E-state index is 0.547. The number of rotatable bonds is 3. The number of anilines is 1. The van der Waals surface area contributed by atoms with Crippen LogP contribution < -0.4 is 5.73 Å². The molecule has 84 valence electrons. The largest absolute Gasteiger partial charge is 0.384 e. The molecular weight excluding hydrogens is 198 g/mol. The van der Waals surface area contributed by atoms with Crippen molar-refractivity contribution in [2.24, 2.45) is 5.92 Å². The predicted molar refractivity (Wildman–Crippen MR) is 66.9 cm³/mol. The van der Waals surface area contributed by atoms with Gasteiger partial charge in [0.1, 0.15) is 5.82 Å². The van der Waals surface area contributed by atoms with Gasteiger partial charge in [-0.15, -0.1) is 0 Å². The zero-order valence-electron chi connectivity index (χ0n) is 9.72. The maximum Gasteiger partial charge on any atom is 0.122 e. The van der Waals surface area contributed by atoms with Crippen molar-refractivity contribution in [1.29, 1.82) is 0 Å². The first kappa shape index (κ1) is 10.7. The molecule has 0 aliphatic heterocycles. The summed E-state index contributed by atoms with van der Waals surface area (Å²) in [6.45, 7) is 5.17. The molecule has 0 unspecified atom stereocenters. The van der Waals surface area contributed by atoms with Gasteiger partial charge in [0.15, 0.2) is 0 Å². The van der Waals surface area contributed by atoms with Crippen LogP contribution in [0.3, 0.4) is 0 Å². The second-order valence-electron chi connectivity index (χ2n) is 4.40. The number of nitrogens with zero attached hydrogens (tertiary/aromatic N) is 2. The summed E-state index contributed by atoms with van der Waals surface area (Å²) in [5, 5.41) is 4.51. The van der Waals surface area contributed by atoms with Gasteiger partial charge in [-0.25, -0.2) is 4.68 Å². The van der Waals surface area contributed by atoms with E-state index in [-0.39, 0.29) is 0 Å². The lowest BCUT2D eigenvalue weighted by Gasteiger charge is -2.06. The lowest BCUT2D eigenvalue weighted by Crippen LogP contribution is -2.09. The van der Waals surface area contributed by atoms with Crippen LogP contribution in [0.1, 0.15) is 13.8 Å². The van der Waals surface area contributed by atoms with E-state index in [9.17, 15) is 0 Å². The highest BCUT2D eigenvalue weighted by atomic mass is 15.3. The van der Waals surface area contributed by atoms with Crippen LogP contribution in [0.4, 0.5) is 5.82 Å². The SMILES string of the molecule is CC(C)Cn1nc(-c2ccccc2)cc1N. The second kappa shape index (κ2) is 4.39. The van der Waals surface area contributed by atoms with Crippen molar-refractivity contribution in [2.45, 2.75) is 20.4 Å². The van der Waals surface area contributed by atoms with Crippen molar-refractivity contribution in [3.8, 4) is 11.3 Å². The molecule has 16 heavy (non-hydrogen) atoms. The first-order chi connectivity index (χ1) is 7.66. The minimum absolute atomic E-state index is 0.547. The van der Waals surface area contributed by atoms with Gasteiger partial charge in [-0.2, -0.15) is 5.10 Å². The van der Waals surface area contributed by atoms with Crippen LogP contribution in [0, 0.1) is 5.92 Å². The van der Waals surface area contributed by atoms with Crippen molar-refractivity contribution in [3.63, 3.8) is 0 Å². The van der Waals surface area contributed by atoms with E-state index in [1.165, 1.54) is 0 Å². The van der Waals surface area contributed by atoms with Crippen molar-refractivity contribution in [1.82, 2.24) is 9.78 Å². The summed E-state index contributed by atoms with van der Waals surface area (Å²) in [5.41, 5.74) is 7.98. The number of aromatic nitrogens is 2. The molecular formula is C13H17N3. The second-order valence-corrected chi connectivity index (χ2v) is 4.40. The summed E-state index contributed by atoms with van der Waals surface area (Å²) in [6.07, 6.45) is 0. The molecule has 1 aromatic heterocycles. The summed E-state index contributed by atoms with van der Waals surface area (Å²) in [4.78, 5) is 0. The molecule has 2 aromatic rings. The van der Waals surface area contributed by atoms with Crippen LogP contribution in [-0.4, -0.2) is 9.78 Å². The molecule has 3 heteroatoms. The number of benzene rings is 1. The number of nitrogen functional groups attached to an aromatic ring is 1. The van der Waals surface area contributed by atoms with Gasteiger partial charge in [0.05, 0.1) is 5.69 Å². The number of nitrogens with two attached hydrogens (primary N) is 1. The summed E-state index contributed by atoms with van der Waals surface area (Å²) < 4.78 is 1.87. The van der Waals surface area contributed by atoms with Crippen LogP contribution in [0.15, 0.2) is 36.4 Å². The summed E-state index contributed by atoms with van der Waals surface area (Å²) >= 11 is 0. The fraction of sp³-hybridized carbons (Fsp3) is 0.308. The smallest absolute Gasteiger partial charge is 0.122 e. The first-order valence-electron chi connectivity index (χ1n) is 5.55. The fourth-order valence-corrected chi connectivity index (χ4v) is 1.67. The fourth-order valence-electron chi connectivity index (χ4n) is 1.67. The maximum absolute atomic E-state index is 5.93.